The molecule has 0 saturated heterocycles. The number of hydrogen-bond acceptors (Lipinski definition) is 7. The molecule has 0 spiro atoms. The Labute approximate surface area is 231 Å². The van der Waals surface area contributed by atoms with Crippen molar-refractivity contribution in [1.82, 2.24) is 10.2 Å². The fraction of sp³-hybridized carbons (Fsp3) is 0.269. The molecule has 1 atom stereocenters. The number of halogens is 2. The first kappa shape index (κ1) is 27.8. The van der Waals surface area contributed by atoms with Crippen molar-refractivity contribution in [3.05, 3.63) is 81.5 Å². The summed E-state index contributed by atoms with van der Waals surface area (Å²) < 4.78 is 27.8. The number of carboxylic acid groups (broad SMARTS) is 1. The number of rotatable bonds is 9. The molecule has 9 nitrogen and oxygen atoms in total. The number of aliphatic carboxylic acids is 1. The third-order valence-corrected chi connectivity index (χ3v) is 8.06. The van der Waals surface area contributed by atoms with Gasteiger partial charge in [0.15, 0.2) is 0 Å². The molecule has 0 aliphatic heterocycles. The number of benzene rings is 2. The van der Waals surface area contributed by atoms with Crippen molar-refractivity contribution in [1.29, 1.82) is 0 Å². The minimum absolute atomic E-state index is 0.104. The zero-order valence-corrected chi connectivity index (χ0v) is 23.1. The highest BCUT2D eigenvalue weighted by Gasteiger charge is 2.29. The Kier molecular flexibility index (Phi) is 7.98. The SMILES string of the molecule is CC(C)(N)CNc1ccc(C2CC=Cc3cc(N(CC(=O)O)S(=O)(=O)c4cc(Cl)cc(Cl)c4)ccc32)nn1. The standard InChI is InChI=1S/C26H27Cl2N5O4S/c1-26(2,29)15-30-24-9-8-23(31-32-24)22-5-3-4-16-10-19(6-7-21(16)22)33(14-25(34)35)38(36,37)20-12-17(27)11-18(28)13-20/h3-4,6-13,22H,5,14-15,29H2,1-2H3,(H,30,32)(H,34,35). The molecular weight excluding hydrogens is 549 g/mol. The van der Waals surface area contributed by atoms with E-state index in [9.17, 15) is 18.3 Å². The van der Waals surface area contributed by atoms with E-state index in [1.807, 2.05) is 38.1 Å². The van der Waals surface area contributed by atoms with Crippen LogP contribution >= 0.6 is 23.2 Å². The van der Waals surface area contributed by atoms with E-state index in [1.165, 1.54) is 18.2 Å². The molecule has 0 fully saturated rings. The average molecular weight is 577 g/mol. The minimum Gasteiger partial charge on any atom is -0.480 e. The van der Waals surface area contributed by atoms with Crippen molar-refractivity contribution in [2.75, 3.05) is 22.7 Å². The molecule has 1 aliphatic carbocycles. The van der Waals surface area contributed by atoms with E-state index < -0.39 is 28.1 Å². The lowest BCUT2D eigenvalue weighted by Crippen LogP contribution is -2.39. The Morgan fingerprint density at radius 2 is 1.84 bits per heavy atom. The van der Waals surface area contributed by atoms with Gasteiger partial charge in [0.05, 0.1) is 16.3 Å². The summed E-state index contributed by atoms with van der Waals surface area (Å²) in [5.41, 5.74) is 8.24. The number of anilines is 2. The molecule has 0 bridgehead atoms. The van der Waals surface area contributed by atoms with Crippen molar-refractivity contribution in [2.24, 2.45) is 5.73 Å². The van der Waals surface area contributed by atoms with Gasteiger partial charge in [-0.05, 0) is 73.9 Å². The maximum absolute atomic E-state index is 13.5. The lowest BCUT2D eigenvalue weighted by molar-refractivity contribution is -0.135. The van der Waals surface area contributed by atoms with Gasteiger partial charge < -0.3 is 16.2 Å². The predicted molar refractivity (Wildman–Crippen MR) is 149 cm³/mol. The first-order chi connectivity index (χ1) is 17.8. The van der Waals surface area contributed by atoms with E-state index in [0.717, 1.165) is 21.1 Å². The molecule has 38 heavy (non-hydrogen) atoms. The molecular formula is C26H27Cl2N5O4S. The fourth-order valence-corrected chi connectivity index (χ4v) is 6.23. The summed E-state index contributed by atoms with van der Waals surface area (Å²) in [4.78, 5) is 11.4. The quantitative estimate of drug-likeness (QED) is 0.332. The molecule has 4 N–H and O–H groups in total. The summed E-state index contributed by atoms with van der Waals surface area (Å²) in [5, 5.41) is 21.6. The van der Waals surface area contributed by atoms with Gasteiger partial charge in [-0.3, -0.25) is 9.10 Å². The van der Waals surface area contributed by atoms with E-state index in [2.05, 4.69) is 15.5 Å². The zero-order valence-electron chi connectivity index (χ0n) is 20.7. The number of sulfonamides is 1. The van der Waals surface area contributed by atoms with Crippen LogP contribution in [-0.4, -0.2) is 48.3 Å². The maximum atomic E-state index is 13.5. The van der Waals surface area contributed by atoms with Crippen LogP contribution in [0.4, 0.5) is 11.5 Å². The summed E-state index contributed by atoms with van der Waals surface area (Å²) in [6, 6.07) is 12.6. The molecule has 0 radical (unpaired) electrons. The average Bonchev–Trinajstić information content (AvgIpc) is 2.84. The monoisotopic (exact) mass is 575 g/mol. The number of nitrogens with one attached hydrogen (secondary N) is 1. The molecule has 4 rings (SSSR count). The highest BCUT2D eigenvalue weighted by atomic mass is 35.5. The van der Waals surface area contributed by atoms with Crippen LogP contribution in [0.1, 0.15) is 43.0 Å². The number of allylic oxidation sites excluding steroid dienone is 1. The number of hydrogen-bond donors (Lipinski definition) is 3. The first-order valence-electron chi connectivity index (χ1n) is 11.7. The van der Waals surface area contributed by atoms with Crippen molar-refractivity contribution in [3.8, 4) is 0 Å². The topological polar surface area (TPSA) is 139 Å². The molecule has 2 aromatic carbocycles. The largest absolute Gasteiger partial charge is 0.480 e. The summed E-state index contributed by atoms with van der Waals surface area (Å²) in [6.07, 6.45) is 4.53. The van der Waals surface area contributed by atoms with Crippen LogP contribution in [0.2, 0.25) is 10.0 Å². The number of carboxylic acids is 1. The van der Waals surface area contributed by atoms with Crippen LogP contribution in [0, 0.1) is 0 Å². The lowest BCUT2D eigenvalue weighted by atomic mass is 9.84. The van der Waals surface area contributed by atoms with Crippen LogP contribution in [-0.2, 0) is 14.8 Å². The first-order valence-corrected chi connectivity index (χ1v) is 13.9. The second-order valence-electron chi connectivity index (χ2n) is 9.70. The maximum Gasteiger partial charge on any atom is 0.324 e. The second kappa shape index (κ2) is 10.9. The fourth-order valence-electron chi connectivity index (χ4n) is 4.10. The lowest BCUT2D eigenvalue weighted by Gasteiger charge is -2.26. The van der Waals surface area contributed by atoms with Crippen molar-refractivity contribution < 1.29 is 18.3 Å². The summed E-state index contributed by atoms with van der Waals surface area (Å²) in [6.45, 7) is 3.58. The molecule has 1 unspecified atom stereocenters. The van der Waals surface area contributed by atoms with Crippen LogP contribution < -0.4 is 15.4 Å². The molecule has 0 amide bonds. The molecule has 1 aromatic heterocycles. The van der Waals surface area contributed by atoms with Crippen LogP contribution in [0.5, 0.6) is 0 Å². The predicted octanol–water partition coefficient (Wildman–Crippen LogP) is 4.76. The van der Waals surface area contributed by atoms with Gasteiger partial charge in [-0.15, -0.1) is 5.10 Å². The number of fused-ring (bicyclic) bond motifs is 1. The van der Waals surface area contributed by atoms with Gasteiger partial charge >= 0.3 is 5.97 Å². The Morgan fingerprint density at radius 1 is 1.13 bits per heavy atom. The third-order valence-electron chi connectivity index (χ3n) is 5.87. The van der Waals surface area contributed by atoms with E-state index in [1.54, 1.807) is 18.2 Å². The van der Waals surface area contributed by atoms with Crippen LogP contribution in [0.25, 0.3) is 6.08 Å². The molecule has 200 valence electrons. The van der Waals surface area contributed by atoms with Crippen molar-refractivity contribution in [2.45, 2.75) is 36.6 Å². The summed E-state index contributed by atoms with van der Waals surface area (Å²) in [7, 11) is -4.29. The van der Waals surface area contributed by atoms with Gasteiger partial charge in [0, 0.05) is 28.0 Å². The van der Waals surface area contributed by atoms with Gasteiger partial charge in [-0.25, -0.2) is 8.42 Å². The third kappa shape index (κ3) is 6.44. The molecule has 3 aromatic rings. The van der Waals surface area contributed by atoms with Crippen molar-refractivity contribution >= 4 is 56.8 Å². The van der Waals surface area contributed by atoms with E-state index in [0.29, 0.717) is 18.8 Å². The van der Waals surface area contributed by atoms with Crippen LogP contribution in [0.3, 0.4) is 0 Å². The normalized spacial score (nSPS) is 15.1. The smallest absolute Gasteiger partial charge is 0.324 e. The van der Waals surface area contributed by atoms with Crippen LogP contribution in [0.15, 0.2) is 59.5 Å². The van der Waals surface area contributed by atoms with E-state index in [4.69, 9.17) is 28.9 Å². The van der Waals surface area contributed by atoms with E-state index >= 15 is 0 Å². The van der Waals surface area contributed by atoms with Crippen molar-refractivity contribution in [3.63, 3.8) is 0 Å². The Balaban J connectivity index is 1.66. The highest BCUT2D eigenvalue weighted by molar-refractivity contribution is 7.92. The second-order valence-corrected chi connectivity index (χ2v) is 12.4. The number of nitrogens with two attached hydrogens (primary N) is 1. The van der Waals surface area contributed by atoms with E-state index in [-0.39, 0.29) is 26.5 Å². The number of aromatic nitrogens is 2. The number of nitrogens with zero attached hydrogens (tertiary/aromatic N) is 3. The van der Waals surface area contributed by atoms with Gasteiger partial charge in [0.1, 0.15) is 12.4 Å². The molecule has 0 saturated carbocycles. The van der Waals surface area contributed by atoms with Gasteiger partial charge in [-0.1, -0.05) is 41.4 Å². The summed E-state index contributed by atoms with van der Waals surface area (Å²) in [5.74, 6) is -0.799. The van der Waals surface area contributed by atoms with Gasteiger partial charge in [0.25, 0.3) is 10.0 Å². The minimum atomic E-state index is -4.29. The number of carbonyl (C=O) groups is 1. The highest BCUT2D eigenvalue weighted by Crippen LogP contribution is 2.37. The molecule has 1 aliphatic rings. The molecule has 1 heterocycles. The Hall–Kier alpha value is -3.18. The van der Waals surface area contributed by atoms with Gasteiger partial charge in [-0.2, -0.15) is 5.10 Å². The zero-order chi connectivity index (χ0) is 27.7. The summed E-state index contributed by atoms with van der Waals surface area (Å²) >= 11 is 12.0. The molecule has 12 heteroatoms. The Bertz CT molecular complexity index is 1470. The Morgan fingerprint density at radius 3 is 2.45 bits per heavy atom. The van der Waals surface area contributed by atoms with Gasteiger partial charge in [0.2, 0.25) is 0 Å².